The summed E-state index contributed by atoms with van der Waals surface area (Å²) in [7, 11) is -1.16. The Hall–Kier alpha value is -1.43. The lowest BCUT2D eigenvalue weighted by Crippen LogP contribution is -1.91. The fourth-order valence-electron chi connectivity index (χ4n) is 1.09. The molecule has 1 aliphatic rings. The number of non-ortho nitro benzene ring substituents is 1. The molecule has 1 atom stereocenters. The van der Waals surface area contributed by atoms with E-state index in [-0.39, 0.29) is 11.6 Å². The Morgan fingerprint density at radius 3 is 3.00 bits per heavy atom. The fraction of sp³-hybridized carbons (Fsp3) is 0.143. The normalized spacial score (nSPS) is 19.2. The predicted octanol–water partition coefficient (Wildman–Crippen LogP) is 1.05. The van der Waals surface area contributed by atoms with Crippen LogP contribution in [0.2, 0.25) is 0 Å². The minimum absolute atomic E-state index is 0.0438. The van der Waals surface area contributed by atoms with Gasteiger partial charge in [-0.1, -0.05) is 0 Å². The van der Waals surface area contributed by atoms with Crippen molar-refractivity contribution in [3.63, 3.8) is 0 Å². The van der Waals surface area contributed by atoms with Crippen molar-refractivity contribution in [2.45, 2.75) is 4.90 Å². The van der Waals surface area contributed by atoms with E-state index in [9.17, 15) is 14.3 Å². The van der Waals surface area contributed by atoms with Crippen LogP contribution >= 0.6 is 0 Å². The summed E-state index contributed by atoms with van der Waals surface area (Å²) in [6, 6.07) is 4.09. The van der Waals surface area contributed by atoms with Gasteiger partial charge in [-0.3, -0.25) is 14.3 Å². The monoisotopic (exact) mass is 199 g/mol. The number of ether oxygens (including phenoxy) is 1. The van der Waals surface area contributed by atoms with Crippen molar-refractivity contribution >= 4 is 16.5 Å². The van der Waals surface area contributed by atoms with E-state index in [0.29, 0.717) is 10.6 Å². The summed E-state index contributed by atoms with van der Waals surface area (Å²) in [6.07, 6.45) is 0. The third kappa shape index (κ3) is 1.29. The number of hydrogen-bond acceptors (Lipinski definition) is 4. The molecule has 0 aromatic heterocycles. The Kier molecular flexibility index (Phi) is 1.77. The average molecular weight is 199 g/mol. The second kappa shape index (κ2) is 2.81. The summed E-state index contributed by atoms with van der Waals surface area (Å²) >= 11 is 0. The van der Waals surface area contributed by atoms with Crippen molar-refractivity contribution in [3.05, 3.63) is 28.3 Å². The molecule has 2 rings (SSSR count). The third-order valence-corrected chi connectivity index (χ3v) is 2.86. The van der Waals surface area contributed by atoms with Crippen LogP contribution in [0, 0.1) is 10.1 Å². The Morgan fingerprint density at radius 2 is 2.31 bits per heavy atom. The van der Waals surface area contributed by atoms with Gasteiger partial charge < -0.3 is 4.74 Å². The highest BCUT2D eigenvalue weighted by molar-refractivity contribution is 7.85. The lowest BCUT2D eigenvalue weighted by atomic mass is 10.3. The van der Waals surface area contributed by atoms with Crippen LogP contribution in [0.5, 0.6) is 5.75 Å². The highest BCUT2D eigenvalue weighted by Crippen LogP contribution is 2.31. The lowest BCUT2D eigenvalue weighted by molar-refractivity contribution is -0.385. The predicted molar refractivity (Wildman–Crippen MR) is 45.0 cm³/mol. The molecule has 0 radical (unpaired) electrons. The molecule has 0 saturated carbocycles. The topological polar surface area (TPSA) is 69.4 Å². The summed E-state index contributed by atoms with van der Waals surface area (Å²) in [6.45, 7) is 0. The van der Waals surface area contributed by atoms with Crippen molar-refractivity contribution in [2.24, 2.45) is 0 Å². The zero-order valence-electron chi connectivity index (χ0n) is 6.43. The standard InChI is InChI=1S/C7H5NO4S/c9-8(10)5-1-2-7-6(3-5)12-4-13(7)11/h1-3H,4H2. The highest BCUT2D eigenvalue weighted by Gasteiger charge is 2.22. The van der Waals surface area contributed by atoms with Crippen molar-refractivity contribution in [1.82, 2.24) is 0 Å². The molecule has 1 aliphatic heterocycles. The van der Waals surface area contributed by atoms with Gasteiger partial charge in [0.05, 0.1) is 26.7 Å². The van der Waals surface area contributed by atoms with Gasteiger partial charge in [-0.25, -0.2) is 0 Å². The molecule has 0 bridgehead atoms. The number of hydrogen-bond donors (Lipinski definition) is 0. The van der Waals surface area contributed by atoms with Crippen molar-refractivity contribution in [3.8, 4) is 5.75 Å². The zero-order valence-corrected chi connectivity index (χ0v) is 7.24. The molecule has 1 aromatic carbocycles. The summed E-state index contributed by atoms with van der Waals surface area (Å²) in [5, 5.41) is 10.4. The number of rotatable bonds is 1. The molecule has 68 valence electrons. The fourth-order valence-corrected chi connectivity index (χ4v) is 2.01. The maximum atomic E-state index is 11.2. The van der Waals surface area contributed by atoms with Gasteiger partial charge in [-0.05, 0) is 6.07 Å². The lowest BCUT2D eigenvalue weighted by Gasteiger charge is -1.95. The van der Waals surface area contributed by atoms with Crippen LogP contribution < -0.4 is 4.74 Å². The van der Waals surface area contributed by atoms with E-state index < -0.39 is 15.7 Å². The summed E-state index contributed by atoms with van der Waals surface area (Å²) < 4.78 is 16.2. The molecule has 0 aliphatic carbocycles. The first-order chi connectivity index (χ1) is 6.18. The molecular formula is C7H5NO4S. The first-order valence-electron chi connectivity index (χ1n) is 3.48. The number of fused-ring (bicyclic) bond motifs is 1. The van der Waals surface area contributed by atoms with Crippen LogP contribution in [0.1, 0.15) is 0 Å². The van der Waals surface area contributed by atoms with Gasteiger partial charge in [-0.15, -0.1) is 0 Å². The second-order valence-electron chi connectivity index (χ2n) is 2.50. The zero-order chi connectivity index (χ0) is 9.42. The molecule has 0 amide bonds. The summed E-state index contributed by atoms with van der Waals surface area (Å²) in [5.41, 5.74) is -0.0438. The Balaban J connectivity index is 2.51. The van der Waals surface area contributed by atoms with Crippen molar-refractivity contribution in [1.29, 1.82) is 0 Å². The molecule has 6 heteroatoms. The summed E-state index contributed by atoms with van der Waals surface area (Å²) in [5.74, 6) is 0.448. The molecule has 0 saturated heterocycles. The molecule has 1 unspecified atom stereocenters. The minimum Gasteiger partial charge on any atom is -0.478 e. The Morgan fingerprint density at radius 1 is 1.54 bits per heavy atom. The number of nitrogens with zero attached hydrogens (tertiary/aromatic N) is 1. The van der Waals surface area contributed by atoms with Crippen molar-refractivity contribution < 1.29 is 13.9 Å². The Labute approximate surface area is 75.9 Å². The maximum Gasteiger partial charge on any atom is 0.273 e. The van der Waals surface area contributed by atoms with E-state index in [1.807, 2.05) is 0 Å². The molecule has 0 N–H and O–H groups in total. The molecule has 13 heavy (non-hydrogen) atoms. The van der Waals surface area contributed by atoms with E-state index in [1.165, 1.54) is 18.2 Å². The van der Waals surface area contributed by atoms with E-state index in [2.05, 4.69) is 0 Å². The molecule has 1 aromatic rings. The maximum absolute atomic E-state index is 11.2. The first-order valence-corrected chi connectivity index (χ1v) is 4.80. The minimum atomic E-state index is -1.16. The van der Waals surface area contributed by atoms with Gasteiger partial charge in [0.15, 0.2) is 5.94 Å². The van der Waals surface area contributed by atoms with Crippen LogP contribution in [0.25, 0.3) is 0 Å². The molecule has 0 spiro atoms. The first kappa shape index (κ1) is 8.18. The van der Waals surface area contributed by atoms with Gasteiger partial charge in [0.1, 0.15) is 5.75 Å². The smallest absolute Gasteiger partial charge is 0.273 e. The van der Waals surface area contributed by atoms with Crippen molar-refractivity contribution in [2.75, 3.05) is 5.94 Å². The van der Waals surface area contributed by atoms with Crippen LogP contribution in [-0.4, -0.2) is 15.1 Å². The summed E-state index contributed by atoms with van der Waals surface area (Å²) in [4.78, 5) is 10.4. The number of nitro groups is 1. The van der Waals surface area contributed by atoms with Crippen LogP contribution in [0.15, 0.2) is 23.1 Å². The third-order valence-electron chi connectivity index (χ3n) is 1.70. The number of benzene rings is 1. The molecule has 1 heterocycles. The van der Waals surface area contributed by atoms with Gasteiger partial charge in [0.2, 0.25) is 0 Å². The van der Waals surface area contributed by atoms with Crippen LogP contribution in [-0.2, 0) is 10.8 Å². The second-order valence-corrected chi connectivity index (χ2v) is 3.86. The highest BCUT2D eigenvalue weighted by atomic mass is 32.2. The van der Waals surface area contributed by atoms with E-state index in [1.54, 1.807) is 0 Å². The van der Waals surface area contributed by atoms with E-state index in [0.717, 1.165) is 0 Å². The van der Waals surface area contributed by atoms with Gasteiger partial charge >= 0.3 is 0 Å². The SMILES string of the molecule is O=[N+]([O-])c1ccc2c(c1)OCS2=O. The van der Waals surface area contributed by atoms with Crippen LogP contribution in [0.3, 0.4) is 0 Å². The van der Waals surface area contributed by atoms with Gasteiger partial charge in [0.25, 0.3) is 5.69 Å². The largest absolute Gasteiger partial charge is 0.478 e. The van der Waals surface area contributed by atoms with Gasteiger partial charge in [0, 0.05) is 6.07 Å². The van der Waals surface area contributed by atoms with Gasteiger partial charge in [-0.2, -0.15) is 0 Å². The molecule has 5 nitrogen and oxygen atoms in total. The number of nitro benzene ring substituents is 1. The molecule has 0 fully saturated rings. The van der Waals surface area contributed by atoms with Crippen LogP contribution in [0.4, 0.5) is 5.69 Å². The quantitative estimate of drug-likeness (QED) is 0.500. The van der Waals surface area contributed by atoms with E-state index >= 15 is 0 Å². The average Bonchev–Trinajstić information content (AvgIpc) is 2.47. The Bertz CT molecular complexity index is 403. The molecular weight excluding hydrogens is 194 g/mol. The van der Waals surface area contributed by atoms with E-state index in [4.69, 9.17) is 4.74 Å².